The van der Waals surface area contributed by atoms with Crippen LogP contribution in [0.25, 0.3) is 0 Å². The van der Waals surface area contributed by atoms with Crippen LogP contribution in [-0.4, -0.2) is 34.5 Å². The number of rotatable bonds is 10. The van der Waals surface area contributed by atoms with Crippen molar-refractivity contribution in [2.75, 3.05) is 34.5 Å². The molecule has 0 aliphatic heterocycles. The van der Waals surface area contributed by atoms with Gasteiger partial charge in [-0.1, -0.05) is 13.8 Å². The van der Waals surface area contributed by atoms with Crippen LogP contribution in [-0.2, 0) is 0 Å². The molecule has 1 aromatic heterocycles. The zero-order chi connectivity index (χ0) is 14.1. The molecular formula is C14H24S5. The molecule has 0 amide bonds. The van der Waals surface area contributed by atoms with Crippen LogP contribution in [0.2, 0.25) is 0 Å². The van der Waals surface area contributed by atoms with Gasteiger partial charge in [-0.15, -0.1) is 34.9 Å². The van der Waals surface area contributed by atoms with Crippen LogP contribution in [0.4, 0.5) is 0 Å². The van der Waals surface area contributed by atoms with Gasteiger partial charge in [0.15, 0.2) is 0 Å². The Morgan fingerprint density at radius 3 is 1.53 bits per heavy atom. The molecule has 0 radical (unpaired) electrons. The van der Waals surface area contributed by atoms with Crippen molar-refractivity contribution in [1.82, 2.24) is 0 Å². The third kappa shape index (κ3) is 6.60. The third-order valence-electron chi connectivity index (χ3n) is 2.51. The van der Waals surface area contributed by atoms with E-state index in [9.17, 15) is 0 Å². The van der Waals surface area contributed by atoms with E-state index < -0.39 is 0 Å². The van der Waals surface area contributed by atoms with Crippen molar-refractivity contribution in [3.63, 3.8) is 0 Å². The Labute approximate surface area is 139 Å². The van der Waals surface area contributed by atoms with Crippen molar-refractivity contribution in [1.29, 1.82) is 0 Å². The molecule has 0 atom stereocenters. The van der Waals surface area contributed by atoms with Crippen LogP contribution in [0.5, 0.6) is 0 Å². The molecule has 0 spiro atoms. The Morgan fingerprint density at radius 1 is 0.737 bits per heavy atom. The first-order valence-electron chi connectivity index (χ1n) is 6.71. The second-order valence-corrected chi connectivity index (χ2v) is 10.4. The smallest absolute Gasteiger partial charge is 0.0348 e. The molecule has 0 aliphatic carbocycles. The highest BCUT2D eigenvalue weighted by Gasteiger charge is 2.13. The molecule has 19 heavy (non-hydrogen) atoms. The average Bonchev–Trinajstić information content (AvgIpc) is 2.65. The van der Waals surface area contributed by atoms with Gasteiger partial charge in [-0.2, -0.15) is 23.5 Å². The lowest BCUT2D eigenvalue weighted by Gasteiger charge is -2.06. The maximum atomic E-state index is 2.28. The Hall–Kier alpha value is 1.10. The van der Waals surface area contributed by atoms with E-state index in [0.717, 1.165) is 0 Å². The van der Waals surface area contributed by atoms with Gasteiger partial charge in [0, 0.05) is 42.6 Å². The second-order valence-electron chi connectivity index (χ2n) is 3.96. The Kier molecular flexibility index (Phi) is 10.3. The zero-order valence-electron chi connectivity index (χ0n) is 12.3. The summed E-state index contributed by atoms with van der Waals surface area (Å²) >= 11 is 10.2. The van der Waals surface area contributed by atoms with Crippen LogP contribution >= 0.6 is 58.4 Å². The van der Waals surface area contributed by atoms with Gasteiger partial charge in [0.05, 0.1) is 0 Å². The van der Waals surface area contributed by atoms with Gasteiger partial charge in [-0.3, -0.25) is 0 Å². The quantitative estimate of drug-likeness (QED) is 0.371. The lowest BCUT2D eigenvalue weighted by Crippen LogP contribution is -1.88. The van der Waals surface area contributed by atoms with Crippen molar-refractivity contribution in [2.24, 2.45) is 0 Å². The first-order valence-corrected chi connectivity index (χ1v) is 11.8. The molecule has 0 unspecified atom stereocenters. The summed E-state index contributed by atoms with van der Waals surface area (Å²) in [5, 5.41) is 0. The fraction of sp³-hybridized carbons (Fsp3) is 0.714. The van der Waals surface area contributed by atoms with Gasteiger partial charge in [-0.05, 0) is 25.4 Å². The lowest BCUT2D eigenvalue weighted by molar-refractivity contribution is 1.22. The summed E-state index contributed by atoms with van der Waals surface area (Å²) in [5.74, 6) is 7.49. The molecule has 0 nitrogen and oxygen atoms in total. The standard InChI is InChI=1S/C14H24S5/c1-5-15-7-9-17-13-11(3)19-12(4)14(13)18-10-8-16-6-2/h5-10H2,1-4H3. The van der Waals surface area contributed by atoms with E-state index in [2.05, 4.69) is 51.2 Å². The summed E-state index contributed by atoms with van der Waals surface area (Å²) in [5.41, 5.74) is 0. The lowest BCUT2D eigenvalue weighted by atomic mass is 10.4. The van der Waals surface area contributed by atoms with Crippen molar-refractivity contribution in [3.8, 4) is 0 Å². The molecule has 1 rings (SSSR count). The molecule has 110 valence electrons. The summed E-state index contributed by atoms with van der Waals surface area (Å²) in [6.07, 6.45) is 0. The van der Waals surface area contributed by atoms with Crippen molar-refractivity contribution >= 4 is 58.4 Å². The molecule has 1 aromatic rings. The minimum absolute atomic E-state index is 1.23. The van der Waals surface area contributed by atoms with Crippen LogP contribution < -0.4 is 0 Å². The number of hydrogen-bond donors (Lipinski definition) is 0. The van der Waals surface area contributed by atoms with Crippen molar-refractivity contribution in [2.45, 2.75) is 37.5 Å². The fourth-order valence-corrected chi connectivity index (χ4v) is 7.18. The third-order valence-corrected chi connectivity index (χ3v) is 8.65. The van der Waals surface area contributed by atoms with E-state index in [-0.39, 0.29) is 0 Å². The number of aryl methyl sites for hydroxylation is 2. The van der Waals surface area contributed by atoms with Gasteiger partial charge in [-0.25, -0.2) is 0 Å². The van der Waals surface area contributed by atoms with Crippen molar-refractivity contribution in [3.05, 3.63) is 9.75 Å². The normalized spacial score (nSPS) is 11.2. The maximum Gasteiger partial charge on any atom is 0.0348 e. The summed E-state index contributed by atoms with van der Waals surface area (Å²) < 4.78 is 0. The van der Waals surface area contributed by atoms with E-state index in [0.29, 0.717) is 0 Å². The molecule has 1 heterocycles. The summed E-state index contributed by atoms with van der Waals surface area (Å²) in [4.78, 5) is 6.14. The predicted molar refractivity (Wildman–Crippen MR) is 101 cm³/mol. The zero-order valence-corrected chi connectivity index (χ0v) is 16.4. The van der Waals surface area contributed by atoms with E-state index in [1.54, 1.807) is 9.79 Å². The second kappa shape index (κ2) is 10.8. The highest BCUT2D eigenvalue weighted by Crippen LogP contribution is 2.41. The molecule has 0 N–H and O–H groups in total. The van der Waals surface area contributed by atoms with Gasteiger partial charge in [0.25, 0.3) is 0 Å². The van der Waals surface area contributed by atoms with Crippen LogP contribution in [0, 0.1) is 13.8 Å². The van der Waals surface area contributed by atoms with E-state index in [4.69, 9.17) is 0 Å². The van der Waals surface area contributed by atoms with Gasteiger partial charge >= 0.3 is 0 Å². The van der Waals surface area contributed by atoms with E-state index in [1.807, 2.05) is 34.9 Å². The highest BCUT2D eigenvalue weighted by atomic mass is 32.2. The fourth-order valence-electron chi connectivity index (χ4n) is 1.67. The minimum Gasteiger partial charge on any atom is -0.161 e. The molecule has 0 bridgehead atoms. The Balaban J connectivity index is 2.52. The predicted octanol–water partition coefficient (Wildman–Crippen LogP) is 6.06. The molecular weight excluding hydrogens is 328 g/mol. The molecule has 0 fully saturated rings. The topological polar surface area (TPSA) is 0 Å². The van der Waals surface area contributed by atoms with Gasteiger partial charge in [0.1, 0.15) is 0 Å². The molecule has 5 heteroatoms. The summed E-state index contributed by atoms with van der Waals surface area (Å²) in [6, 6.07) is 0. The highest BCUT2D eigenvalue weighted by molar-refractivity contribution is 8.05. The van der Waals surface area contributed by atoms with Crippen LogP contribution in [0.3, 0.4) is 0 Å². The Bertz CT molecular complexity index is 326. The molecule has 0 aliphatic rings. The van der Waals surface area contributed by atoms with E-state index >= 15 is 0 Å². The van der Waals surface area contributed by atoms with Crippen molar-refractivity contribution < 1.29 is 0 Å². The molecule has 0 saturated carbocycles. The van der Waals surface area contributed by atoms with Gasteiger partial charge in [0.2, 0.25) is 0 Å². The SMILES string of the molecule is CCSCCSc1c(C)sc(C)c1SCCSCC. The Morgan fingerprint density at radius 2 is 1.16 bits per heavy atom. The summed E-state index contributed by atoms with van der Waals surface area (Å²) in [6.45, 7) is 9.03. The first kappa shape index (κ1) is 18.1. The largest absolute Gasteiger partial charge is 0.161 e. The summed E-state index contributed by atoms with van der Waals surface area (Å²) in [7, 11) is 0. The maximum absolute atomic E-state index is 2.28. The number of thiophene rings is 1. The number of hydrogen-bond acceptors (Lipinski definition) is 5. The van der Waals surface area contributed by atoms with Crippen LogP contribution in [0.15, 0.2) is 9.79 Å². The number of thioether (sulfide) groups is 4. The average molecular weight is 353 g/mol. The first-order chi connectivity index (χ1) is 9.20. The molecule has 0 aromatic carbocycles. The van der Waals surface area contributed by atoms with E-state index in [1.165, 1.54) is 44.3 Å². The van der Waals surface area contributed by atoms with Crippen LogP contribution in [0.1, 0.15) is 23.6 Å². The minimum atomic E-state index is 1.23. The van der Waals surface area contributed by atoms with Gasteiger partial charge < -0.3 is 0 Å². The monoisotopic (exact) mass is 352 g/mol. The molecule has 0 saturated heterocycles.